The molecular formula is C5H6F3N3S. The van der Waals surface area contributed by atoms with Crippen molar-refractivity contribution >= 4 is 12.2 Å². The van der Waals surface area contributed by atoms with Crippen molar-refractivity contribution in [1.29, 1.82) is 0 Å². The molecule has 3 nitrogen and oxygen atoms in total. The largest absolute Gasteiger partial charge is 0.396 e. The number of aromatic nitrogens is 3. The monoisotopic (exact) mass is 197 g/mol. The molecule has 12 heavy (non-hydrogen) atoms. The van der Waals surface area contributed by atoms with Gasteiger partial charge in [-0.2, -0.15) is 13.2 Å². The molecule has 0 aliphatic heterocycles. The molecule has 1 aromatic rings. The summed E-state index contributed by atoms with van der Waals surface area (Å²) in [4.78, 5) is 3.50. The van der Waals surface area contributed by atoms with Crippen LogP contribution >= 0.6 is 12.2 Å². The summed E-state index contributed by atoms with van der Waals surface area (Å²) in [6.45, 7) is 0. The minimum atomic E-state index is -4.24. The van der Waals surface area contributed by atoms with Gasteiger partial charge >= 0.3 is 6.18 Å². The van der Waals surface area contributed by atoms with Crippen LogP contribution in [0.2, 0.25) is 0 Å². The average Bonchev–Trinajstić information content (AvgIpc) is 2.07. The van der Waals surface area contributed by atoms with E-state index in [1.165, 1.54) is 11.7 Å². The maximum atomic E-state index is 11.8. The van der Waals surface area contributed by atoms with E-state index in [2.05, 4.69) is 22.3 Å². The first-order valence-electron chi connectivity index (χ1n) is 3.07. The summed E-state index contributed by atoms with van der Waals surface area (Å²) in [5, 5.41) is 2.38. The standard InChI is InChI=1S/C5H6F3N3S/c1-11-4(12)9-3(10-11)2-5(6,7)8/h2H2,1H3,(H,9,10,12). The Labute approximate surface area is 71.2 Å². The molecular weight excluding hydrogens is 191 g/mol. The predicted molar refractivity (Wildman–Crippen MR) is 38.2 cm³/mol. The van der Waals surface area contributed by atoms with Crippen LogP contribution in [0, 0.1) is 4.77 Å². The maximum Gasteiger partial charge on any atom is 0.396 e. The molecule has 1 rings (SSSR count). The van der Waals surface area contributed by atoms with Gasteiger partial charge in [0, 0.05) is 7.05 Å². The van der Waals surface area contributed by atoms with Crippen LogP contribution in [0.15, 0.2) is 0 Å². The third-order valence-corrected chi connectivity index (χ3v) is 1.55. The molecule has 0 atom stereocenters. The molecule has 1 N–H and O–H groups in total. The topological polar surface area (TPSA) is 33.6 Å². The van der Waals surface area contributed by atoms with Crippen molar-refractivity contribution < 1.29 is 13.2 Å². The highest BCUT2D eigenvalue weighted by Crippen LogP contribution is 2.18. The third-order valence-electron chi connectivity index (χ3n) is 1.18. The Morgan fingerprint density at radius 3 is 2.50 bits per heavy atom. The van der Waals surface area contributed by atoms with Gasteiger partial charge in [-0.1, -0.05) is 0 Å². The molecule has 7 heteroatoms. The van der Waals surface area contributed by atoms with E-state index in [-0.39, 0.29) is 10.6 Å². The van der Waals surface area contributed by atoms with Gasteiger partial charge in [0.25, 0.3) is 0 Å². The van der Waals surface area contributed by atoms with Gasteiger partial charge in [0.2, 0.25) is 4.77 Å². The lowest BCUT2D eigenvalue weighted by Gasteiger charge is -2.01. The molecule has 0 radical (unpaired) electrons. The molecule has 1 heterocycles. The average molecular weight is 197 g/mol. The second-order valence-electron chi connectivity index (χ2n) is 2.30. The fraction of sp³-hybridized carbons (Fsp3) is 0.600. The summed E-state index contributed by atoms with van der Waals surface area (Å²) < 4.78 is 36.7. The van der Waals surface area contributed by atoms with Gasteiger partial charge in [-0.25, -0.2) is 4.98 Å². The van der Waals surface area contributed by atoms with Crippen LogP contribution in [0.1, 0.15) is 5.82 Å². The Kier molecular flexibility index (Phi) is 2.22. The first-order chi connectivity index (χ1) is 5.38. The second-order valence-corrected chi connectivity index (χ2v) is 2.67. The first-order valence-corrected chi connectivity index (χ1v) is 3.48. The van der Waals surface area contributed by atoms with E-state index < -0.39 is 12.6 Å². The van der Waals surface area contributed by atoms with Crippen LogP contribution in [0.5, 0.6) is 0 Å². The maximum absolute atomic E-state index is 11.8. The van der Waals surface area contributed by atoms with Crippen LogP contribution in [0.25, 0.3) is 0 Å². The van der Waals surface area contributed by atoms with Crippen molar-refractivity contribution in [3.63, 3.8) is 0 Å². The molecule has 0 aliphatic rings. The highest BCUT2D eigenvalue weighted by atomic mass is 32.1. The quantitative estimate of drug-likeness (QED) is 0.693. The van der Waals surface area contributed by atoms with Crippen molar-refractivity contribution in [2.45, 2.75) is 12.6 Å². The Hall–Kier alpha value is -0.850. The van der Waals surface area contributed by atoms with Crippen molar-refractivity contribution in [3.05, 3.63) is 10.6 Å². The summed E-state index contributed by atoms with van der Waals surface area (Å²) in [5.74, 6) is -0.157. The van der Waals surface area contributed by atoms with Crippen molar-refractivity contribution in [3.8, 4) is 0 Å². The number of nitrogens with zero attached hydrogens (tertiary/aromatic N) is 2. The Morgan fingerprint density at radius 2 is 2.17 bits per heavy atom. The summed E-state index contributed by atoms with van der Waals surface area (Å²) in [6, 6.07) is 0. The summed E-state index contributed by atoms with van der Waals surface area (Å²) >= 11 is 4.62. The first kappa shape index (κ1) is 9.24. The molecule has 0 aromatic carbocycles. The second kappa shape index (κ2) is 2.89. The number of hydrogen-bond donors (Lipinski definition) is 1. The number of H-pyrrole nitrogens is 1. The normalized spacial score (nSPS) is 12.0. The number of hydrogen-bond acceptors (Lipinski definition) is 2. The number of nitrogens with one attached hydrogen (secondary N) is 1. The van der Waals surface area contributed by atoms with Gasteiger partial charge < -0.3 is 0 Å². The van der Waals surface area contributed by atoms with Crippen LogP contribution in [0.4, 0.5) is 13.2 Å². The van der Waals surface area contributed by atoms with Gasteiger partial charge in [0.05, 0.1) is 0 Å². The van der Waals surface area contributed by atoms with E-state index in [0.29, 0.717) is 0 Å². The molecule has 0 fully saturated rings. The molecule has 0 saturated carbocycles. The summed E-state index contributed by atoms with van der Waals surface area (Å²) in [6.07, 6.45) is -5.32. The van der Waals surface area contributed by atoms with E-state index in [0.717, 1.165) is 0 Å². The van der Waals surface area contributed by atoms with Crippen molar-refractivity contribution in [2.24, 2.45) is 7.05 Å². The summed E-state index contributed by atoms with van der Waals surface area (Å²) in [5.41, 5.74) is 0. The minimum absolute atomic E-state index is 0.120. The highest BCUT2D eigenvalue weighted by Gasteiger charge is 2.29. The molecule has 0 amide bonds. The van der Waals surface area contributed by atoms with E-state index in [4.69, 9.17) is 0 Å². The van der Waals surface area contributed by atoms with E-state index in [9.17, 15) is 13.2 Å². The minimum Gasteiger partial charge on any atom is -0.283 e. The lowest BCUT2D eigenvalue weighted by atomic mass is 10.4. The number of halogens is 3. The Morgan fingerprint density at radius 1 is 1.58 bits per heavy atom. The van der Waals surface area contributed by atoms with Crippen molar-refractivity contribution in [1.82, 2.24) is 14.8 Å². The number of alkyl halides is 3. The fourth-order valence-electron chi connectivity index (χ4n) is 0.726. The zero-order chi connectivity index (χ0) is 9.35. The molecule has 0 bridgehead atoms. The SMILES string of the molecule is Cn1[nH]c(CC(F)(F)F)nc1=S. The zero-order valence-electron chi connectivity index (χ0n) is 6.14. The number of aryl methyl sites for hydroxylation is 1. The van der Waals surface area contributed by atoms with Gasteiger partial charge in [-0.05, 0) is 12.2 Å². The molecule has 0 saturated heterocycles. The van der Waals surface area contributed by atoms with E-state index in [1.807, 2.05) is 0 Å². The van der Waals surface area contributed by atoms with Crippen LogP contribution in [0.3, 0.4) is 0 Å². The summed E-state index contributed by atoms with van der Waals surface area (Å²) in [7, 11) is 1.51. The predicted octanol–water partition coefficient (Wildman–Crippen LogP) is 1.58. The zero-order valence-corrected chi connectivity index (χ0v) is 6.96. The number of aromatic amines is 1. The van der Waals surface area contributed by atoms with Gasteiger partial charge in [0.15, 0.2) is 0 Å². The number of rotatable bonds is 1. The van der Waals surface area contributed by atoms with E-state index >= 15 is 0 Å². The molecule has 1 aromatic heterocycles. The van der Waals surface area contributed by atoms with Crippen LogP contribution in [-0.2, 0) is 13.5 Å². The Bertz CT molecular complexity index is 323. The van der Waals surface area contributed by atoms with Crippen molar-refractivity contribution in [2.75, 3.05) is 0 Å². The highest BCUT2D eigenvalue weighted by molar-refractivity contribution is 7.71. The molecule has 0 spiro atoms. The van der Waals surface area contributed by atoms with Gasteiger partial charge in [0.1, 0.15) is 12.2 Å². The third kappa shape index (κ3) is 2.33. The van der Waals surface area contributed by atoms with Crippen LogP contribution in [-0.4, -0.2) is 20.9 Å². The lowest BCUT2D eigenvalue weighted by molar-refractivity contribution is -0.128. The van der Waals surface area contributed by atoms with E-state index in [1.54, 1.807) is 0 Å². The smallest absolute Gasteiger partial charge is 0.283 e. The molecule has 68 valence electrons. The fourth-order valence-corrected chi connectivity index (χ4v) is 0.882. The van der Waals surface area contributed by atoms with Crippen LogP contribution < -0.4 is 0 Å². The van der Waals surface area contributed by atoms with Gasteiger partial charge in [-0.15, -0.1) is 0 Å². The van der Waals surface area contributed by atoms with Gasteiger partial charge in [-0.3, -0.25) is 9.78 Å². The Balaban J connectivity index is 2.85. The molecule has 0 unspecified atom stereocenters. The molecule has 0 aliphatic carbocycles. The lowest BCUT2D eigenvalue weighted by Crippen LogP contribution is -2.12.